The number of ether oxygens (including phenoxy) is 2. The highest BCUT2D eigenvalue weighted by molar-refractivity contribution is 7.89. The van der Waals surface area contributed by atoms with Crippen molar-refractivity contribution in [2.75, 3.05) is 31.6 Å². The zero-order valence-corrected chi connectivity index (χ0v) is 21.9. The summed E-state index contributed by atoms with van der Waals surface area (Å²) in [6.45, 7) is 3.19. The molecule has 0 spiro atoms. The number of amides is 1. The van der Waals surface area contributed by atoms with Crippen LogP contribution in [0.5, 0.6) is 5.75 Å². The van der Waals surface area contributed by atoms with Gasteiger partial charge in [0.15, 0.2) is 0 Å². The molecule has 0 radical (unpaired) electrons. The summed E-state index contributed by atoms with van der Waals surface area (Å²) in [7, 11) is -2.76. The average molecular weight is 523 g/mol. The highest BCUT2D eigenvalue weighted by Gasteiger charge is 2.36. The van der Waals surface area contributed by atoms with Crippen molar-refractivity contribution in [3.8, 4) is 5.75 Å². The lowest BCUT2D eigenvalue weighted by atomic mass is 10.1. The number of aryl methyl sites for hydroxylation is 2. The summed E-state index contributed by atoms with van der Waals surface area (Å²) >= 11 is 0. The molecule has 1 amide bonds. The molecule has 0 aromatic heterocycles. The van der Waals surface area contributed by atoms with E-state index in [0.717, 1.165) is 11.1 Å². The molecule has 1 aliphatic rings. The first kappa shape index (κ1) is 26.4. The summed E-state index contributed by atoms with van der Waals surface area (Å²) in [5, 5.41) is 0. The number of para-hydroxylation sites is 2. The Kier molecular flexibility index (Phi) is 7.94. The van der Waals surface area contributed by atoms with Gasteiger partial charge in [-0.25, -0.2) is 13.2 Å². The van der Waals surface area contributed by atoms with Crippen LogP contribution in [0.1, 0.15) is 16.7 Å². The number of esters is 1. The first-order valence-corrected chi connectivity index (χ1v) is 13.4. The van der Waals surface area contributed by atoms with Crippen molar-refractivity contribution < 1.29 is 27.5 Å². The van der Waals surface area contributed by atoms with Crippen LogP contribution in [-0.2, 0) is 30.8 Å². The average Bonchev–Trinajstić information content (AvgIpc) is 2.91. The predicted octanol–water partition coefficient (Wildman–Crippen LogP) is 3.50. The number of fused-ring (bicyclic) bond motifs is 1. The molecule has 0 bridgehead atoms. The maximum absolute atomic E-state index is 13.9. The fourth-order valence-electron chi connectivity index (χ4n) is 4.27. The number of methoxy groups -OCH3 is 1. The van der Waals surface area contributed by atoms with Crippen LogP contribution in [0.15, 0.2) is 77.7 Å². The number of nitrogens with zero attached hydrogens (tertiary/aromatic N) is 2. The fraction of sp³-hybridized carbons (Fsp3) is 0.286. The van der Waals surface area contributed by atoms with E-state index in [-0.39, 0.29) is 18.0 Å². The molecule has 0 saturated carbocycles. The Hall–Kier alpha value is -3.69. The second kappa shape index (κ2) is 11.1. The van der Waals surface area contributed by atoms with Crippen molar-refractivity contribution in [2.45, 2.75) is 31.3 Å². The third kappa shape index (κ3) is 5.84. The molecule has 0 aliphatic carbocycles. The number of hydrogen-bond donors (Lipinski definition) is 0. The zero-order valence-electron chi connectivity index (χ0n) is 21.1. The van der Waals surface area contributed by atoms with E-state index in [9.17, 15) is 18.0 Å². The fourth-order valence-corrected chi connectivity index (χ4v) is 5.97. The van der Waals surface area contributed by atoms with Crippen molar-refractivity contribution >= 4 is 27.6 Å². The van der Waals surface area contributed by atoms with Crippen molar-refractivity contribution in [2.24, 2.45) is 0 Å². The van der Waals surface area contributed by atoms with Gasteiger partial charge >= 0.3 is 5.97 Å². The molecular formula is C28H30N2O6S. The second-order valence-electron chi connectivity index (χ2n) is 8.94. The minimum Gasteiger partial charge on any atom is -0.475 e. The van der Waals surface area contributed by atoms with Crippen LogP contribution in [0.25, 0.3) is 0 Å². The molecule has 1 aliphatic heterocycles. The number of sulfonamides is 1. The molecule has 1 heterocycles. The number of rotatable bonds is 8. The minimum absolute atomic E-state index is 0.0848. The van der Waals surface area contributed by atoms with Gasteiger partial charge in [0.25, 0.3) is 0 Å². The van der Waals surface area contributed by atoms with E-state index >= 15 is 0 Å². The van der Waals surface area contributed by atoms with Crippen LogP contribution in [0.4, 0.5) is 5.69 Å². The summed E-state index contributed by atoms with van der Waals surface area (Å²) in [4.78, 5) is 27.5. The topological polar surface area (TPSA) is 93.2 Å². The third-order valence-electron chi connectivity index (χ3n) is 6.30. The van der Waals surface area contributed by atoms with E-state index < -0.39 is 34.5 Å². The summed E-state index contributed by atoms with van der Waals surface area (Å²) in [6, 6.07) is 21.6. The van der Waals surface area contributed by atoms with Crippen molar-refractivity contribution in [1.82, 2.24) is 4.31 Å². The van der Waals surface area contributed by atoms with Gasteiger partial charge in [-0.2, -0.15) is 4.31 Å². The van der Waals surface area contributed by atoms with Crippen LogP contribution in [0, 0.1) is 13.8 Å². The second-order valence-corrected chi connectivity index (χ2v) is 10.9. The lowest BCUT2D eigenvalue weighted by Gasteiger charge is -2.34. The van der Waals surface area contributed by atoms with E-state index in [1.54, 1.807) is 43.3 Å². The number of carbonyl (C=O) groups is 2. The highest BCUT2D eigenvalue weighted by atomic mass is 32.2. The Balaban J connectivity index is 1.67. The van der Waals surface area contributed by atoms with Crippen LogP contribution < -0.4 is 9.64 Å². The van der Waals surface area contributed by atoms with Gasteiger partial charge in [-0.15, -0.1) is 0 Å². The van der Waals surface area contributed by atoms with Crippen molar-refractivity contribution in [3.63, 3.8) is 0 Å². The van der Waals surface area contributed by atoms with Gasteiger partial charge in [-0.05, 0) is 55.2 Å². The Morgan fingerprint density at radius 3 is 2.46 bits per heavy atom. The Labute approximate surface area is 217 Å². The van der Waals surface area contributed by atoms with Gasteiger partial charge < -0.3 is 14.4 Å². The van der Waals surface area contributed by atoms with Crippen molar-refractivity contribution in [3.05, 3.63) is 89.5 Å². The molecule has 0 fully saturated rings. The Morgan fingerprint density at radius 2 is 1.73 bits per heavy atom. The van der Waals surface area contributed by atoms with Gasteiger partial charge in [0.05, 0.1) is 30.8 Å². The molecule has 9 heteroatoms. The molecule has 3 aromatic carbocycles. The SMILES string of the molecule is COC(=O)[C@@H]1CN(C(=O)CN(CCc2ccccc2)S(=O)(=O)c2cc(C)ccc2C)c2ccccc2O1. The Bertz CT molecular complexity index is 1390. The lowest BCUT2D eigenvalue weighted by Crippen LogP contribution is -2.51. The smallest absolute Gasteiger partial charge is 0.348 e. The molecule has 4 rings (SSSR count). The summed E-state index contributed by atoms with van der Waals surface area (Å²) < 4.78 is 39.5. The van der Waals surface area contributed by atoms with E-state index in [2.05, 4.69) is 0 Å². The molecule has 194 valence electrons. The Morgan fingerprint density at radius 1 is 1.03 bits per heavy atom. The van der Waals surface area contributed by atoms with E-state index in [4.69, 9.17) is 9.47 Å². The largest absolute Gasteiger partial charge is 0.475 e. The summed E-state index contributed by atoms with van der Waals surface area (Å²) in [5.74, 6) is -0.728. The summed E-state index contributed by atoms with van der Waals surface area (Å²) in [6.07, 6.45) is -0.583. The molecule has 37 heavy (non-hydrogen) atoms. The number of benzene rings is 3. The van der Waals surface area contributed by atoms with Crippen LogP contribution in [0.3, 0.4) is 0 Å². The number of anilines is 1. The van der Waals surface area contributed by atoms with Gasteiger partial charge in [-0.1, -0.05) is 54.6 Å². The van der Waals surface area contributed by atoms with Gasteiger partial charge in [0.1, 0.15) is 5.75 Å². The van der Waals surface area contributed by atoms with Gasteiger partial charge in [0.2, 0.25) is 22.0 Å². The molecule has 0 saturated heterocycles. The van der Waals surface area contributed by atoms with Gasteiger partial charge in [0, 0.05) is 6.54 Å². The molecule has 8 nitrogen and oxygen atoms in total. The maximum Gasteiger partial charge on any atom is 0.348 e. The minimum atomic E-state index is -4.01. The molecule has 1 atom stereocenters. The van der Waals surface area contributed by atoms with Crippen LogP contribution >= 0.6 is 0 Å². The standard InChI is InChI=1S/C28H30N2O6S/c1-20-13-14-21(2)26(17-20)37(33,34)29(16-15-22-9-5-4-6-10-22)19-27(31)30-18-25(28(32)35-3)36-24-12-8-7-11-23(24)30/h4-14,17,25H,15-16,18-19H2,1-3H3/t25-/m0/s1. The number of carbonyl (C=O) groups excluding carboxylic acids is 2. The highest BCUT2D eigenvalue weighted by Crippen LogP contribution is 2.34. The van der Waals surface area contributed by atoms with Crippen molar-refractivity contribution in [1.29, 1.82) is 0 Å². The first-order valence-electron chi connectivity index (χ1n) is 12.0. The third-order valence-corrected chi connectivity index (χ3v) is 8.29. The monoisotopic (exact) mass is 522 g/mol. The predicted molar refractivity (Wildman–Crippen MR) is 140 cm³/mol. The van der Waals surface area contributed by atoms with E-state index in [1.165, 1.54) is 16.3 Å². The molecule has 0 N–H and O–H groups in total. The van der Waals surface area contributed by atoms with E-state index in [0.29, 0.717) is 23.4 Å². The van der Waals surface area contributed by atoms with Crippen LogP contribution in [-0.4, -0.2) is 57.4 Å². The first-order chi connectivity index (χ1) is 17.7. The van der Waals surface area contributed by atoms with E-state index in [1.807, 2.05) is 43.3 Å². The number of hydrogen-bond acceptors (Lipinski definition) is 6. The zero-order chi connectivity index (χ0) is 26.6. The quantitative estimate of drug-likeness (QED) is 0.421. The molecule has 0 unspecified atom stereocenters. The lowest BCUT2D eigenvalue weighted by molar-refractivity contribution is -0.148. The molecule has 3 aromatic rings. The summed E-state index contributed by atoms with van der Waals surface area (Å²) in [5.41, 5.74) is 2.84. The normalized spacial score (nSPS) is 15.1. The van der Waals surface area contributed by atoms with Crippen LogP contribution in [0.2, 0.25) is 0 Å². The molecular weight excluding hydrogens is 492 g/mol. The maximum atomic E-state index is 13.9. The van der Waals surface area contributed by atoms with Gasteiger partial charge in [-0.3, -0.25) is 4.79 Å².